The summed E-state index contributed by atoms with van der Waals surface area (Å²) in [6, 6.07) is 3.74. The van der Waals surface area contributed by atoms with Gasteiger partial charge in [-0.3, -0.25) is 0 Å². The number of nitrogens with zero attached hydrogens (tertiary/aromatic N) is 5. The van der Waals surface area contributed by atoms with Crippen LogP contribution in [0, 0.1) is 18.3 Å². The molecule has 0 aromatic carbocycles. The van der Waals surface area contributed by atoms with Gasteiger partial charge in [0.1, 0.15) is 11.9 Å². The van der Waals surface area contributed by atoms with Gasteiger partial charge in [-0.15, -0.1) is 10.2 Å². The van der Waals surface area contributed by atoms with E-state index in [1.165, 1.54) is 12.4 Å². The monoisotopic (exact) mass is 238 g/mol. The van der Waals surface area contributed by atoms with Crippen LogP contribution in [0.15, 0.2) is 25.0 Å². The Labute approximate surface area is 104 Å². The average molecular weight is 238 g/mol. The van der Waals surface area contributed by atoms with E-state index < -0.39 is 0 Å². The van der Waals surface area contributed by atoms with Crippen LogP contribution in [0.1, 0.15) is 17.0 Å². The smallest absolute Gasteiger partial charge is 0.158 e. The minimum Gasteiger partial charge on any atom is -0.322 e. The maximum Gasteiger partial charge on any atom is 0.158 e. The van der Waals surface area contributed by atoms with Gasteiger partial charge in [-0.1, -0.05) is 6.58 Å². The van der Waals surface area contributed by atoms with Gasteiger partial charge in [0.05, 0.1) is 18.1 Å². The summed E-state index contributed by atoms with van der Waals surface area (Å²) in [4.78, 5) is 7.93. The number of nitrogens with one attached hydrogen (secondary N) is 1. The molecule has 6 heteroatoms. The molecule has 18 heavy (non-hydrogen) atoms. The summed E-state index contributed by atoms with van der Waals surface area (Å²) < 4.78 is 0. The van der Waals surface area contributed by atoms with Gasteiger partial charge in [-0.2, -0.15) is 5.26 Å². The van der Waals surface area contributed by atoms with E-state index in [2.05, 4.69) is 32.1 Å². The van der Waals surface area contributed by atoms with E-state index in [1.54, 1.807) is 6.08 Å². The zero-order valence-corrected chi connectivity index (χ0v) is 9.75. The van der Waals surface area contributed by atoms with Crippen LogP contribution in [0.5, 0.6) is 0 Å². The van der Waals surface area contributed by atoms with Gasteiger partial charge >= 0.3 is 0 Å². The third-order valence-corrected chi connectivity index (χ3v) is 2.24. The van der Waals surface area contributed by atoms with Crippen LogP contribution in [0.2, 0.25) is 0 Å². The summed E-state index contributed by atoms with van der Waals surface area (Å²) in [5, 5.41) is 19.5. The van der Waals surface area contributed by atoms with E-state index in [0.29, 0.717) is 11.6 Å². The van der Waals surface area contributed by atoms with Crippen molar-refractivity contribution in [2.24, 2.45) is 0 Å². The lowest BCUT2D eigenvalue weighted by atomic mass is 10.2. The van der Waals surface area contributed by atoms with Crippen molar-refractivity contribution in [3.63, 3.8) is 0 Å². The molecule has 2 aromatic rings. The summed E-state index contributed by atoms with van der Waals surface area (Å²) in [6.07, 6.45) is 4.51. The first-order valence-electron chi connectivity index (χ1n) is 5.19. The summed E-state index contributed by atoms with van der Waals surface area (Å²) in [7, 11) is 0. The largest absolute Gasteiger partial charge is 0.322 e. The Kier molecular flexibility index (Phi) is 3.25. The molecule has 1 N–H and O–H groups in total. The standard InChI is InChI=1S/C12H10N6/c1-3-10-8(2)4-11(18-17-10)16-12-7-14-9(5-13)6-15-12/h3-4,6-7H,1H2,2H3,(H,15,16,18). The Morgan fingerprint density at radius 1 is 1.28 bits per heavy atom. The van der Waals surface area contributed by atoms with Crippen molar-refractivity contribution in [2.75, 3.05) is 5.32 Å². The second-order valence-corrected chi connectivity index (χ2v) is 3.53. The number of hydrogen-bond acceptors (Lipinski definition) is 6. The van der Waals surface area contributed by atoms with Crippen molar-refractivity contribution >= 4 is 17.7 Å². The predicted octanol–water partition coefficient (Wildman–Crippen LogP) is 1.83. The highest BCUT2D eigenvalue weighted by atomic mass is 15.2. The van der Waals surface area contributed by atoms with Gasteiger partial charge in [-0.25, -0.2) is 9.97 Å². The Hall–Kier alpha value is -2.81. The van der Waals surface area contributed by atoms with Gasteiger partial charge < -0.3 is 5.32 Å². The van der Waals surface area contributed by atoms with Crippen LogP contribution in [-0.2, 0) is 0 Å². The van der Waals surface area contributed by atoms with Crippen molar-refractivity contribution in [3.8, 4) is 6.07 Å². The van der Waals surface area contributed by atoms with E-state index in [0.717, 1.165) is 11.3 Å². The normalized spacial score (nSPS) is 9.56. The molecule has 0 saturated carbocycles. The SMILES string of the molecule is C=Cc1nnc(Nc2cnc(C#N)cn2)cc1C. The fraction of sp³-hybridized carbons (Fsp3) is 0.0833. The number of hydrogen-bond donors (Lipinski definition) is 1. The van der Waals surface area contributed by atoms with E-state index in [9.17, 15) is 0 Å². The van der Waals surface area contributed by atoms with E-state index in [-0.39, 0.29) is 5.69 Å². The molecular weight excluding hydrogens is 228 g/mol. The van der Waals surface area contributed by atoms with Gasteiger partial charge in [0.25, 0.3) is 0 Å². The molecule has 0 aliphatic heterocycles. The fourth-order valence-electron chi connectivity index (χ4n) is 1.34. The number of aryl methyl sites for hydroxylation is 1. The third-order valence-electron chi connectivity index (χ3n) is 2.24. The zero-order valence-electron chi connectivity index (χ0n) is 9.75. The number of rotatable bonds is 3. The molecule has 0 aliphatic rings. The van der Waals surface area contributed by atoms with E-state index in [4.69, 9.17) is 5.26 Å². The topological polar surface area (TPSA) is 87.4 Å². The predicted molar refractivity (Wildman–Crippen MR) is 66.9 cm³/mol. The molecule has 0 radical (unpaired) electrons. The first kappa shape index (κ1) is 11.7. The first-order valence-corrected chi connectivity index (χ1v) is 5.19. The summed E-state index contributed by atoms with van der Waals surface area (Å²) >= 11 is 0. The number of aromatic nitrogens is 4. The molecule has 0 atom stereocenters. The number of nitriles is 1. The molecule has 2 aromatic heterocycles. The molecule has 0 fully saturated rings. The first-order chi connectivity index (χ1) is 8.72. The van der Waals surface area contributed by atoms with Gasteiger partial charge in [0.15, 0.2) is 11.5 Å². The Balaban J connectivity index is 2.20. The lowest BCUT2D eigenvalue weighted by Gasteiger charge is -2.05. The molecule has 2 rings (SSSR count). The number of anilines is 2. The highest BCUT2D eigenvalue weighted by molar-refractivity contribution is 5.54. The quantitative estimate of drug-likeness (QED) is 0.877. The summed E-state index contributed by atoms with van der Waals surface area (Å²) in [6.45, 7) is 5.57. The molecule has 2 heterocycles. The average Bonchev–Trinajstić information content (AvgIpc) is 2.40. The van der Waals surface area contributed by atoms with Gasteiger partial charge in [-0.05, 0) is 24.6 Å². The molecule has 0 aliphatic carbocycles. The zero-order chi connectivity index (χ0) is 13.0. The highest BCUT2D eigenvalue weighted by Gasteiger charge is 2.02. The Morgan fingerprint density at radius 3 is 2.67 bits per heavy atom. The molecule has 0 saturated heterocycles. The minimum atomic E-state index is 0.268. The molecular formula is C12H10N6. The maximum atomic E-state index is 8.61. The van der Waals surface area contributed by atoms with Gasteiger partial charge in [0, 0.05) is 0 Å². The van der Waals surface area contributed by atoms with Crippen LogP contribution in [-0.4, -0.2) is 20.2 Å². The Bertz CT molecular complexity index is 611. The molecule has 0 amide bonds. The highest BCUT2D eigenvalue weighted by Crippen LogP contribution is 2.13. The van der Waals surface area contributed by atoms with Crippen LogP contribution in [0.25, 0.3) is 6.08 Å². The van der Waals surface area contributed by atoms with Crippen LogP contribution >= 0.6 is 0 Å². The molecule has 88 valence electrons. The maximum absolute atomic E-state index is 8.61. The van der Waals surface area contributed by atoms with Crippen LogP contribution < -0.4 is 5.32 Å². The van der Waals surface area contributed by atoms with Crippen molar-refractivity contribution in [2.45, 2.75) is 6.92 Å². The molecule has 0 bridgehead atoms. The van der Waals surface area contributed by atoms with E-state index >= 15 is 0 Å². The van der Waals surface area contributed by atoms with Crippen molar-refractivity contribution in [1.82, 2.24) is 20.2 Å². The van der Waals surface area contributed by atoms with Crippen LogP contribution in [0.3, 0.4) is 0 Å². The lowest BCUT2D eigenvalue weighted by Crippen LogP contribution is -2.00. The van der Waals surface area contributed by atoms with E-state index in [1.807, 2.05) is 19.1 Å². The molecule has 6 nitrogen and oxygen atoms in total. The van der Waals surface area contributed by atoms with Crippen molar-refractivity contribution < 1.29 is 0 Å². The van der Waals surface area contributed by atoms with Gasteiger partial charge in [0.2, 0.25) is 0 Å². The molecule has 0 unspecified atom stereocenters. The Morgan fingerprint density at radius 2 is 2.11 bits per heavy atom. The third kappa shape index (κ3) is 2.47. The fourth-order valence-corrected chi connectivity index (χ4v) is 1.34. The summed E-state index contributed by atoms with van der Waals surface area (Å²) in [5.74, 6) is 1.08. The second-order valence-electron chi connectivity index (χ2n) is 3.53. The van der Waals surface area contributed by atoms with Crippen LogP contribution in [0.4, 0.5) is 11.6 Å². The lowest BCUT2D eigenvalue weighted by molar-refractivity contribution is 1.00. The minimum absolute atomic E-state index is 0.268. The summed E-state index contributed by atoms with van der Waals surface area (Å²) in [5.41, 5.74) is 1.97. The molecule has 0 spiro atoms. The van der Waals surface area contributed by atoms with Crippen molar-refractivity contribution in [1.29, 1.82) is 5.26 Å². The second kappa shape index (κ2) is 5.01. The van der Waals surface area contributed by atoms with Crippen molar-refractivity contribution in [3.05, 3.63) is 42.0 Å².